The molecule has 2 N–H and O–H groups in total. The fourth-order valence-electron chi connectivity index (χ4n) is 2.83. The topological polar surface area (TPSA) is 29.3 Å². The maximum absolute atomic E-state index is 12.9. The van der Waals surface area contributed by atoms with E-state index in [1.165, 1.54) is 31.4 Å². The van der Waals surface area contributed by atoms with E-state index in [0.717, 1.165) is 25.1 Å². The molecule has 1 unspecified atom stereocenters. The molecule has 0 bridgehead atoms. The summed E-state index contributed by atoms with van der Waals surface area (Å²) in [4.78, 5) is 2.50. The molecule has 0 spiro atoms. The van der Waals surface area contributed by atoms with Gasteiger partial charge in [-0.2, -0.15) is 0 Å². The molecule has 0 saturated carbocycles. The smallest absolute Gasteiger partial charge is 0.123 e. The summed E-state index contributed by atoms with van der Waals surface area (Å²) in [5.74, 6) is -0.187. The van der Waals surface area contributed by atoms with Gasteiger partial charge in [-0.3, -0.25) is 4.90 Å². The van der Waals surface area contributed by atoms with Gasteiger partial charge in [-0.15, -0.1) is 0 Å². The van der Waals surface area contributed by atoms with Crippen LogP contribution in [0, 0.1) is 5.82 Å². The van der Waals surface area contributed by atoms with Crippen LogP contribution in [-0.2, 0) is 6.42 Å². The lowest BCUT2D eigenvalue weighted by molar-refractivity contribution is 0.0731. The molecule has 1 aromatic carbocycles. The van der Waals surface area contributed by atoms with Crippen LogP contribution in [0.25, 0.3) is 0 Å². The molecule has 0 radical (unpaired) electrons. The summed E-state index contributed by atoms with van der Waals surface area (Å²) in [5.41, 5.74) is 7.52. The van der Waals surface area contributed by atoms with Gasteiger partial charge in [0.25, 0.3) is 0 Å². The van der Waals surface area contributed by atoms with E-state index in [0.29, 0.717) is 0 Å². The summed E-state index contributed by atoms with van der Waals surface area (Å²) in [5, 5.41) is 0. The number of benzene rings is 1. The molecule has 0 aromatic heterocycles. The standard InChI is InChI=1S/C16H25FN2/c1-16(2,19-10-4-3-5-11-19)15(18)12-13-6-8-14(17)9-7-13/h6-9,15H,3-5,10-12,18H2,1-2H3. The van der Waals surface area contributed by atoms with Gasteiger partial charge in [0.1, 0.15) is 5.82 Å². The van der Waals surface area contributed by atoms with E-state index in [-0.39, 0.29) is 17.4 Å². The zero-order valence-electron chi connectivity index (χ0n) is 12.0. The Labute approximate surface area is 115 Å². The van der Waals surface area contributed by atoms with Crippen LogP contribution in [0.2, 0.25) is 0 Å². The van der Waals surface area contributed by atoms with Gasteiger partial charge in [0, 0.05) is 11.6 Å². The maximum atomic E-state index is 12.9. The van der Waals surface area contributed by atoms with E-state index in [9.17, 15) is 4.39 Å². The molecule has 1 saturated heterocycles. The molecular weight excluding hydrogens is 239 g/mol. The van der Waals surface area contributed by atoms with E-state index < -0.39 is 0 Å². The van der Waals surface area contributed by atoms with E-state index in [4.69, 9.17) is 5.73 Å². The Morgan fingerprint density at radius 2 is 1.74 bits per heavy atom. The van der Waals surface area contributed by atoms with Crippen molar-refractivity contribution in [3.63, 3.8) is 0 Å². The third-order valence-electron chi connectivity index (χ3n) is 4.45. The molecule has 3 heteroatoms. The van der Waals surface area contributed by atoms with Gasteiger partial charge in [0.15, 0.2) is 0 Å². The summed E-state index contributed by atoms with van der Waals surface area (Å²) < 4.78 is 12.9. The lowest BCUT2D eigenvalue weighted by Crippen LogP contribution is -2.58. The molecule has 1 heterocycles. The molecule has 2 rings (SSSR count). The second-order valence-corrected chi connectivity index (χ2v) is 6.14. The molecule has 1 fully saturated rings. The van der Waals surface area contributed by atoms with Crippen LogP contribution in [-0.4, -0.2) is 29.6 Å². The first-order valence-corrected chi connectivity index (χ1v) is 7.25. The predicted molar refractivity (Wildman–Crippen MR) is 77.6 cm³/mol. The average molecular weight is 264 g/mol. The molecule has 2 nitrogen and oxygen atoms in total. The SMILES string of the molecule is CC(C)(C(N)Cc1ccc(F)cc1)N1CCCCC1. The van der Waals surface area contributed by atoms with Crippen molar-refractivity contribution >= 4 is 0 Å². The van der Waals surface area contributed by atoms with Crippen molar-refractivity contribution < 1.29 is 4.39 Å². The molecule has 19 heavy (non-hydrogen) atoms. The van der Waals surface area contributed by atoms with Crippen LogP contribution >= 0.6 is 0 Å². The quantitative estimate of drug-likeness (QED) is 0.906. The molecule has 1 aromatic rings. The monoisotopic (exact) mass is 264 g/mol. The Morgan fingerprint density at radius 3 is 2.32 bits per heavy atom. The zero-order chi connectivity index (χ0) is 13.9. The summed E-state index contributed by atoms with van der Waals surface area (Å²) in [6, 6.07) is 6.76. The fraction of sp³-hybridized carbons (Fsp3) is 0.625. The van der Waals surface area contributed by atoms with Crippen LogP contribution in [0.5, 0.6) is 0 Å². The summed E-state index contributed by atoms with van der Waals surface area (Å²) in [6.45, 7) is 6.74. The highest BCUT2D eigenvalue weighted by atomic mass is 19.1. The normalized spacial score (nSPS) is 19.4. The average Bonchev–Trinajstić information content (AvgIpc) is 2.42. The van der Waals surface area contributed by atoms with Gasteiger partial charge in [0.05, 0.1) is 0 Å². The zero-order valence-corrected chi connectivity index (χ0v) is 12.0. The van der Waals surface area contributed by atoms with Crippen molar-refractivity contribution in [1.82, 2.24) is 4.90 Å². The van der Waals surface area contributed by atoms with E-state index in [1.54, 1.807) is 0 Å². The number of hydrogen-bond acceptors (Lipinski definition) is 2. The van der Waals surface area contributed by atoms with Gasteiger partial charge in [0.2, 0.25) is 0 Å². The minimum atomic E-state index is -0.187. The molecule has 1 aliphatic heterocycles. The van der Waals surface area contributed by atoms with Crippen molar-refractivity contribution in [3.05, 3.63) is 35.6 Å². The van der Waals surface area contributed by atoms with Crippen LogP contribution in [0.15, 0.2) is 24.3 Å². The number of hydrogen-bond donors (Lipinski definition) is 1. The number of nitrogens with zero attached hydrogens (tertiary/aromatic N) is 1. The van der Waals surface area contributed by atoms with Gasteiger partial charge in [-0.05, 0) is 63.9 Å². The Balaban J connectivity index is 2.00. The second-order valence-electron chi connectivity index (χ2n) is 6.14. The summed E-state index contributed by atoms with van der Waals surface area (Å²) in [6.07, 6.45) is 4.67. The molecular formula is C16H25FN2. The molecule has 1 atom stereocenters. The minimum absolute atomic E-state index is 0.00515. The number of likely N-dealkylation sites (tertiary alicyclic amines) is 1. The Morgan fingerprint density at radius 1 is 1.16 bits per heavy atom. The molecule has 0 amide bonds. The highest BCUT2D eigenvalue weighted by Crippen LogP contribution is 2.24. The van der Waals surface area contributed by atoms with Gasteiger partial charge in [-0.1, -0.05) is 18.6 Å². The van der Waals surface area contributed by atoms with E-state index in [2.05, 4.69) is 18.7 Å². The fourth-order valence-corrected chi connectivity index (χ4v) is 2.83. The van der Waals surface area contributed by atoms with Crippen LogP contribution in [0.3, 0.4) is 0 Å². The van der Waals surface area contributed by atoms with Gasteiger partial charge < -0.3 is 5.73 Å². The van der Waals surface area contributed by atoms with Crippen LogP contribution in [0.1, 0.15) is 38.7 Å². The largest absolute Gasteiger partial charge is 0.326 e. The summed E-state index contributed by atoms with van der Waals surface area (Å²) in [7, 11) is 0. The third-order valence-corrected chi connectivity index (χ3v) is 4.45. The van der Waals surface area contributed by atoms with Crippen molar-refractivity contribution in [2.75, 3.05) is 13.1 Å². The number of halogens is 1. The highest BCUT2D eigenvalue weighted by molar-refractivity contribution is 5.18. The van der Waals surface area contributed by atoms with Crippen molar-refractivity contribution in [2.45, 2.75) is 51.1 Å². The van der Waals surface area contributed by atoms with Crippen LogP contribution < -0.4 is 5.73 Å². The highest BCUT2D eigenvalue weighted by Gasteiger charge is 2.33. The Hall–Kier alpha value is -0.930. The second kappa shape index (κ2) is 6.02. The lowest BCUT2D eigenvalue weighted by Gasteiger charge is -2.44. The lowest BCUT2D eigenvalue weighted by atomic mass is 9.87. The third kappa shape index (κ3) is 3.54. The number of nitrogens with two attached hydrogens (primary N) is 1. The Kier molecular flexibility index (Phi) is 4.58. The van der Waals surface area contributed by atoms with Crippen molar-refractivity contribution in [1.29, 1.82) is 0 Å². The van der Waals surface area contributed by atoms with Crippen LogP contribution in [0.4, 0.5) is 4.39 Å². The van der Waals surface area contributed by atoms with Crippen molar-refractivity contribution in [3.8, 4) is 0 Å². The first-order valence-electron chi connectivity index (χ1n) is 7.25. The van der Waals surface area contributed by atoms with Gasteiger partial charge >= 0.3 is 0 Å². The summed E-state index contributed by atoms with van der Waals surface area (Å²) >= 11 is 0. The van der Waals surface area contributed by atoms with E-state index in [1.807, 2.05) is 12.1 Å². The van der Waals surface area contributed by atoms with Crippen molar-refractivity contribution in [2.24, 2.45) is 5.73 Å². The predicted octanol–water partition coefficient (Wildman–Crippen LogP) is 2.96. The number of rotatable bonds is 4. The molecule has 1 aliphatic rings. The Bertz CT molecular complexity index is 394. The molecule has 0 aliphatic carbocycles. The van der Waals surface area contributed by atoms with Gasteiger partial charge in [-0.25, -0.2) is 4.39 Å². The maximum Gasteiger partial charge on any atom is 0.123 e. The van der Waals surface area contributed by atoms with E-state index >= 15 is 0 Å². The minimum Gasteiger partial charge on any atom is -0.326 e. The molecule has 106 valence electrons. The first kappa shape index (κ1) is 14.5. The number of piperidine rings is 1. The first-order chi connectivity index (χ1) is 9.00.